The summed E-state index contributed by atoms with van der Waals surface area (Å²) in [5.41, 5.74) is 0.925. The molecule has 4 saturated carbocycles. The first-order valence-corrected chi connectivity index (χ1v) is 10.2. The largest absolute Gasteiger partial charge is 0.370 e. The van der Waals surface area contributed by atoms with E-state index in [0.29, 0.717) is 22.7 Å². The number of epoxide rings is 1. The Morgan fingerprint density at radius 1 is 1.13 bits per heavy atom. The number of carbonyl (C=O) groups is 1. The molecule has 5 rings (SSSR count). The van der Waals surface area contributed by atoms with Crippen molar-refractivity contribution in [1.29, 1.82) is 0 Å². The molecule has 23 heavy (non-hydrogen) atoms. The van der Waals surface area contributed by atoms with Gasteiger partial charge >= 0.3 is 0 Å². The van der Waals surface area contributed by atoms with Crippen molar-refractivity contribution in [2.45, 2.75) is 83.7 Å². The molecule has 134 valence electrons. The van der Waals surface area contributed by atoms with Gasteiger partial charge in [0.15, 0.2) is 0 Å². The molecule has 1 saturated heterocycles. The van der Waals surface area contributed by atoms with Gasteiger partial charge in [-0.15, -0.1) is 0 Å². The van der Waals surface area contributed by atoms with Gasteiger partial charge in [0.05, 0.1) is 12.2 Å². The van der Waals surface area contributed by atoms with Crippen LogP contribution in [0.5, 0.6) is 0 Å². The fourth-order valence-electron chi connectivity index (χ4n) is 7.96. The van der Waals surface area contributed by atoms with E-state index >= 15 is 0 Å². The minimum Gasteiger partial charge on any atom is -0.370 e. The molecule has 0 bridgehead atoms. The average molecular weight is 323 g/mol. The Hall–Kier alpha value is -0.370. The third-order valence-corrected chi connectivity index (χ3v) is 9.42. The second-order valence-electron chi connectivity index (χ2n) is 9.83. The van der Waals surface area contributed by atoms with Crippen LogP contribution in [0.15, 0.2) is 0 Å². The molecule has 4 unspecified atom stereocenters. The summed E-state index contributed by atoms with van der Waals surface area (Å²) >= 11 is 0. The van der Waals surface area contributed by atoms with Crippen LogP contribution in [0.25, 0.3) is 0 Å². The van der Waals surface area contributed by atoms with Gasteiger partial charge in [0.1, 0.15) is 5.78 Å². The molecule has 0 aromatic rings. The zero-order valence-electron chi connectivity index (χ0n) is 14.9. The van der Waals surface area contributed by atoms with Crippen LogP contribution in [0.4, 0.5) is 0 Å². The normalized spacial score (nSPS) is 57.7. The Balaban J connectivity index is 0.000000810. The number of hydrogen-bond donors (Lipinski definition) is 0. The van der Waals surface area contributed by atoms with Crippen molar-refractivity contribution in [2.75, 3.05) is 6.61 Å². The van der Waals surface area contributed by atoms with E-state index in [1.165, 1.54) is 57.8 Å². The van der Waals surface area contributed by atoms with Gasteiger partial charge in [-0.25, -0.2) is 0 Å². The molecule has 1 spiro atoms. The number of hydrogen-bond acceptors (Lipinski definition) is 2. The number of ether oxygens (including phenoxy) is 1. The number of ketones is 1. The maximum Gasteiger partial charge on any atom is 0.139 e. The van der Waals surface area contributed by atoms with Gasteiger partial charge < -0.3 is 4.74 Å². The summed E-state index contributed by atoms with van der Waals surface area (Å²) in [6.07, 6.45) is 12.7. The van der Waals surface area contributed by atoms with Crippen LogP contribution >= 0.6 is 0 Å². The first-order chi connectivity index (χ1) is 11.0. The van der Waals surface area contributed by atoms with Gasteiger partial charge in [0.2, 0.25) is 0 Å². The molecular weight excluding hydrogens is 284 g/mol. The minimum atomic E-state index is 0. The monoisotopic (exact) mass is 322 g/mol. The van der Waals surface area contributed by atoms with Crippen molar-refractivity contribution in [3.8, 4) is 0 Å². The fourth-order valence-corrected chi connectivity index (χ4v) is 7.96. The van der Waals surface area contributed by atoms with Crippen molar-refractivity contribution in [3.05, 3.63) is 0 Å². The average Bonchev–Trinajstić information content (AvgIpc) is 3.24. The van der Waals surface area contributed by atoms with Crippen LogP contribution in [-0.4, -0.2) is 18.0 Å². The highest BCUT2D eigenvalue weighted by Gasteiger charge is 2.64. The van der Waals surface area contributed by atoms with Gasteiger partial charge in [0.25, 0.3) is 0 Å². The van der Waals surface area contributed by atoms with E-state index in [2.05, 4.69) is 13.8 Å². The SMILES string of the molecule is CC[C@]12CCC3(CO3)CC1CC[C@@H]1C2CC[C@]2(C)C(=O)CCC12.[HH].[HH].[HH]. The third-order valence-electron chi connectivity index (χ3n) is 9.42. The van der Waals surface area contributed by atoms with Crippen LogP contribution < -0.4 is 0 Å². The molecule has 1 aliphatic heterocycles. The maximum atomic E-state index is 12.5. The van der Waals surface area contributed by atoms with E-state index in [-0.39, 0.29) is 9.69 Å². The topological polar surface area (TPSA) is 29.6 Å². The quantitative estimate of drug-likeness (QED) is 0.597. The Morgan fingerprint density at radius 2 is 1.96 bits per heavy atom. The molecule has 0 amide bonds. The Kier molecular flexibility index (Phi) is 3.00. The van der Waals surface area contributed by atoms with Crippen molar-refractivity contribution in [2.24, 2.45) is 34.5 Å². The van der Waals surface area contributed by atoms with Crippen molar-refractivity contribution in [3.63, 3.8) is 0 Å². The van der Waals surface area contributed by atoms with E-state index in [0.717, 1.165) is 30.8 Å². The number of rotatable bonds is 1. The highest BCUT2D eigenvalue weighted by atomic mass is 16.6. The summed E-state index contributed by atoms with van der Waals surface area (Å²) < 4.78 is 5.87. The Morgan fingerprint density at radius 3 is 2.70 bits per heavy atom. The number of fused-ring (bicyclic) bond motifs is 5. The number of Topliss-reactive ketones (excluding diaryl/α,β-unsaturated/α-hetero) is 1. The van der Waals surface area contributed by atoms with Crippen molar-refractivity contribution >= 4 is 5.78 Å². The summed E-state index contributed by atoms with van der Waals surface area (Å²) in [5.74, 6) is 3.91. The van der Waals surface area contributed by atoms with Crippen LogP contribution in [0.3, 0.4) is 0 Å². The fraction of sp³-hybridized carbons (Fsp3) is 0.952. The summed E-state index contributed by atoms with van der Waals surface area (Å²) in [5, 5.41) is 0. The predicted octanol–water partition coefficient (Wildman–Crippen LogP) is 5.50. The van der Waals surface area contributed by atoms with E-state index in [9.17, 15) is 4.79 Å². The lowest BCUT2D eigenvalue weighted by Gasteiger charge is -2.61. The summed E-state index contributed by atoms with van der Waals surface area (Å²) in [7, 11) is 0. The van der Waals surface area contributed by atoms with Gasteiger partial charge in [-0.2, -0.15) is 0 Å². The minimum absolute atomic E-state index is 0. The predicted molar refractivity (Wildman–Crippen MR) is 96.4 cm³/mol. The lowest BCUT2D eigenvalue weighted by Crippen LogP contribution is -2.55. The van der Waals surface area contributed by atoms with Gasteiger partial charge in [-0.1, -0.05) is 13.8 Å². The third kappa shape index (κ3) is 1.82. The molecule has 0 aromatic carbocycles. The van der Waals surface area contributed by atoms with E-state index in [1.54, 1.807) is 0 Å². The maximum absolute atomic E-state index is 12.5. The molecule has 0 N–H and O–H groups in total. The van der Waals surface area contributed by atoms with Gasteiger partial charge in [-0.05, 0) is 86.9 Å². The number of carbonyl (C=O) groups excluding carboxylic acids is 1. The molecule has 4 aliphatic carbocycles. The van der Waals surface area contributed by atoms with Crippen LogP contribution in [0.1, 0.15) is 82.3 Å². The van der Waals surface area contributed by atoms with Crippen LogP contribution in [0.2, 0.25) is 0 Å². The second-order valence-corrected chi connectivity index (χ2v) is 9.83. The van der Waals surface area contributed by atoms with Gasteiger partial charge in [0, 0.05) is 16.1 Å². The van der Waals surface area contributed by atoms with E-state index in [4.69, 9.17) is 4.74 Å². The zero-order valence-corrected chi connectivity index (χ0v) is 14.9. The highest BCUT2D eigenvalue weighted by molar-refractivity contribution is 5.87. The van der Waals surface area contributed by atoms with Crippen LogP contribution in [-0.2, 0) is 9.53 Å². The second kappa shape index (κ2) is 4.62. The van der Waals surface area contributed by atoms with E-state index < -0.39 is 0 Å². The van der Waals surface area contributed by atoms with Gasteiger partial charge in [-0.3, -0.25) is 4.79 Å². The Labute approximate surface area is 145 Å². The first-order valence-electron chi connectivity index (χ1n) is 10.2. The molecule has 1 heterocycles. The van der Waals surface area contributed by atoms with Crippen LogP contribution in [0, 0.1) is 34.5 Å². The zero-order chi connectivity index (χ0) is 15.9. The molecule has 5 aliphatic rings. The molecule has 0 radical (unpaired) electrons. The van der Waals surface area contributed by atoms with Crippen molar-refractivity contribution < 1.29 is 13.8 Å². The molecule has 2 heteroatoms. The van der Waals surface area contributed by atoms with Crippen molar-refractivity contribution in [1.82, 2.24) is 0 Å². The summed E-state index contributed by atoms with van der Waals surface area (Å²) in [4.78, 5) is 12.5. The molecular formula is C21H38O2. The standard InChI is InChI=1S/C21H32O2.3H2/c1-3-21-11-10-20(13-23-20)12-14(21)4-5-15-16-6-7-18(22)19(16,2)9-8-17(15)21;;;/h14-17H,3-13H2,1-2H3;3*1H/t14?,15-,16?,17?,19-,20?,21-;;;/m0.../s1. The molecule has 0 aromatic heterocycles. The first kappa shape index (κ1) is 14.9. The Bertz CT molecular complexity index is 549. The smallest absolute Gasteiger partial charge is 0.139 e. The molecule has 7 atom stereocenters. The molecule has 5 fully saturated rings. The molecule has 2 nitrogen and oxygen atoms in total. The summed E-state index contributed by atoms with van der Waals surface area (Å²) in [6, 6.07) is 0. The highest BCUT2D eigenvalue weighted by Crippen LogP contribution is 2.68. The lowest BCUT2D eigenvalue weighted by atomic mass is 9.43. The lowest BCUT2D eigenvalue weighted by molar-refractivity contribution is -0.144. The summed E-state index contributed by atoms with van der Waals surface area (Å²) in [6.45, 7) is 5.79. The van der Waals surface area contributed by atoms with E-state index in [1.807, 2.05) is 0 Å².